The summed E-state index contributed by atoms with van der Waals surface area (Å²) in [7, 11) is 0. The number of thiophene rings is 1. The fourth-order valence-electron chi connectivity index (χ4n) is 1.36. The van der Waals surface area contributed by atoms with Gasteiger partial charge in [-0.1, -0.05) is 11.8 Å². The van der Waals surface area contributed by atoms with Crippen molar-refractivity contribution in [2.24, 2.45) is 0 Å². The van der Waals surface area contributed by atoms with E-state index in [1.807, 2.05) is 13.8 Å². The lowest BCUT2D eigenvalue weighted by molar-refractivity contribution is -0.120. The summed E-state index contributed by atoms with van der Waals surface area (Å²) < 4.78 is 0. The van der Waals surface area contributed by atoms with Crippen LogP contribution in [0.1, 0.15) is 35.5 Å². The van der Waals surface area contributed by atoms with Gasteiger partial charge in [-0.25, -0.2) is 0 Å². The van der Waals surface area contributed by atoms with Crippen LogP contribution in [0.3, 0.4) is 0 Å². The highest BCUT2D eigenvalue weighted by Gasteiger charge is 2.10. The highest BCUT2D eigenvalue weighted by molar-refractivity contribution is 7.10. The second-order valence-corrected chi connectivity index (χ2v) is 5.29. The van der Waals surface area contributed by atoms with E-state index in [2.05, 4.69) is 22.5 Å². The Balaban J connectivity index is 2.48. The highest BCUT2D eigenvalue weighted by Crippen LogP contribution is 2.13. The topological polar surface area (TPSA) is 78.4 Å². The third-order valence-corrected chi connectivity index (χ3v) is 3.01. The number of rotatable bonds is 5. The highest BCUT2D eigenvalue weighted by atomic mass is 32.1. The van der Waals surface area contributed by atoms with Crippen molar-refractivity contribution < 1.29 is 14.7 Å². The van der Waals surface area contributed by atoms with Gasteiger partial charge in [0.2, 0.25) is 5.91 Å². The van der Waals surface area contributed by atoms with Gasteiger partial charge in [-0.15, -0.1) is 11.3 Å². The molecule has 2 amide bonds. The molecule has 1 aromatic heterocycles. The lowest BCUT2D eigenvalue weighted by Gasteiger charge is -2.08. The fraction of sp³-hybridized carbons (Fsp3) is 0.429. The van der Waals surface area contributed by atoms with Crippen LogP contribution in [-0.4, -0.2) is 36.1 Å². The minimum Gasteiger partial charge on any atom is -0.395 e. The largest absolute Gasteiger partial charge is 0.395 e. The Kier molecular flexibility index (Phi) is 6.77. The van der Waals surface area contributed by atoms with Gasteiger partial charge >= 0.3 is 0 Å². The molecule has 6 heteroatoms. The van der Waals surface area contributed by atoms with Crippen LogP contribution in [0, 0.1) is 11.8 Å². The normalized spacial score (nSPS) is 9.80. The summed E-state index contributed by atoms with van der Waals surface area (Å²) in [6.07, 6.45) is 0.412. The molecule has 1 heterocycles. The summed E-state index contributed by atoms with van der Waals surface area (Å²) in [5.74, 6) is 5.14. The molecule has 0 radical (unpaired) electrons. The molecule has 0 fully saturated rings. The van der Waals surface area contributed by atoms with Crippen molar-refractivity contribution >= 4 is 23.2 Å². The molecule has 5 nitrogen and oxygen atoms in total. The Bertz CT molecular complexity index is 526. The molecule has 0 spiro atoms. The van der Waals surface area contributed by atoms with Gasteiger partial charge in [-0.3, -0.25) is 9.59 Å². The van der Waals surface area contributed by atoms with Gasteiger partial charge in [0, 0.05) is 17.8 Å². The molecule has 0 saturated heterocycles. The summed E-state index contributed by atoms with van der Waals surface area (Å²) in [5.41, 5.74) is 0.487. The van der Waals surface area contributed by atoms with E-state index < -0.39 is 0 Å². The Morgan fingerprint density at radius 1 is 1.45 bits per heavy atom. The molecule has 1 aromatic rings. The molecule has 108 valence electrons. The number of hydrogen-bond donors (Lipinski definition) is 3. The number of carbonyl (C=O) groups is 2. The molecule has 0 saturated carbocycles. The van der Waals surface area contributed by atoms with Crippen LogP contribution in [0.2, 0.25) is 0 Å². The van der Waals surface area contributed by atoms with E-state index in [9.17, 15) is 9.59 Å². The number of nitrogens with one attached hydrogen (secondary N) is 2. The van der Waals surface area contributed by atoms with Gasteiger partial charge in [-0.05, 0) is 19.9 Å². The molecule has 0 unspecified atom stereocenters. The van der Waals surface area contributed by atoms with Gasteiger partial charge in [0.25, 0.3) is 5.91 Å². The maximum atomic E-state index is 11.8. The lowest BCUT2D eigenvalue weighted by atomic mass is 10.3. The second kappa shape index (κ2) is 8.35. The van der Waals surface area contributed by atoms with Gasteiger partial charge in [0.15, 0.2) is 0 Å². The summed E-state index contributed by atoms with van der Waals surface area (Å²) in [6, 6.07) is 1.72. The Morgan fingerprint density at radius 3 is 2.85 bits per heavy atom. The van der Waals surface area contributed by atoms with Crippen molar-refractivity contribution in [1.82, 2.24) is 10.6 Å². The first-order valence-electron chi connectivity index (χ1n) is 6.28. The molecule has 0 aliphatic heterocycles. The van der Waals surface area contributed by atoms with Crippen molar-refractivity contribution in [3.05, 3.63) is 21.9 Å². The molecule has 0 aliphatic carbocycles. The first-order valence-corrected chi connectivity index (χ1v) is 7.16. The summed E-state index contributed by atoms with van der Waals surface area (Å²) in [6.45, 7) is 3.70. The summed E-state index contributed by atoms with van der Waals surface area (Å²) >= 11 is 1.36. The fourth-order valence-corrected chi connectivity index (χ4v) is 2.12. The van der Waals surface area contributed by atoms with E-state index in [4.69, 9.17) is 5.11 Å². The lowest BCUT2D eigenvalue weighted by Crippen LogP contribution is -2.39. The van der Waals surface area contributed by atoms with Crippen LogP contribution in [0.4, 0.5) is 0 Å². The number of aliphatic hydroxyl groups is 1. The number of amides is 2. The molecule has 0 aliphatic rings. The van der Waals surface area contributed by atoms with Crippen molar-refractivity contribution in [3.8, 4) is 11.8 Å². The van der Waals surface area contributed by atoms with Gasteiger partial charge in [-0.2, -0.15) is 0 Å². The smallest absolute Gasteiger partial charge is 0.252 e. The third kappa shape index (κ3) is 5.87. The predicted octanol–water partition coefficient (Wildman–Crippen LogP) is 0.736. The minimum atomic E-state index is -0.296. The van der Waals surface area contributed by atoms with Crippen LogP contribution in [0.15, 0.2) is 11.4 Å². The molecule has 20 heavy (non-hydrogen) atoms. The molecule has 1 rings (SSSR count). The third-order valence-electron chi connectivity index (χ3n) is 2.17. The Morgan fingerprint density at radius 2 is 2.20 bits per heavy atom. The van der Waals surface area contributed by atoms with E-state index in [0.717, 1.165) is 4.88 Å². The average Bonchev–Trinajstić information content (AvgIpc) is 2.84. The summed E-state index contributed by atoms with van der Waals surface area (Å²) in [4.78, 5) is 24.0. The SMILES string of the molecule is CC(C)NC(=O)CNC(=O)c1csc(C#CCCO)c1. The first-order chi connectivity index (χ1) is 9.52. The number of hydrogen-bond acceptors (Lipinski definition) is 4. The monoisotopic (exact) mass is 294 g/mol. The van der Waals surface area contributed by atoms with Crippen molar-refractivity contribution in [3.63, 3.8) is 0 Å². The van der Waals surface area contributed by atoms with Crippen LogP contribution < -0.4 is 10.6 Å². The van der Waals surface area contributed by atoms with Gasteiger partial charge < -0.3 is 15.7 Å². The molecule has 3 N–H and O–H groups in total. The van der Waals surface area contributed by atoms with Crippen LogP contribution >= 0.6 is 11.3 Å². The van der Waals surface area contributed by atoms with Crippen LogP contribution in [-0.2, 0) is 4.79 Å². The molecule has 0 atom stereocenters. The Labute approximate surface area is 122 Å². The molecular formula is C14H18N2O3S. The van der Waals surface area contributed by atoms with Gasteiger partial charge in [0.05, 0.1) is 23.6 Å². The number of carbonyl (C=O) groups excluding carboxylic acids is 2. The van der Waals surface area contributed by atoms with Crippen LogP contribution in [0.5, 0.6) is 0 Å². The zero-order chi connectivity index (χ0) is 15.0. The summed E-state index contributed by atoms with van der Waals surface area (Å²) in [5, 5.41) is 15.6. The standard InChI is InChI=1S/C14H18N2O3S/c1-10(2)16-13(18)8-15-14(19)11-7-12(20-9-11)5-3-4-6-17/h7,9-10,17H,4,6,8H2,1-2H3,(H,15,19)(H,16,18). The van der Waals surface area contributed by atoms with Crippen molar-refractivity contribution in [2.75, 3.05) is 13.2 Å². The Hall–Kier alpha value is -1.84. The van der Waals surface area contributed by atoms with E-state index in [-0.39, 0.29) is 31.0 Å². The van der Waals surface area contributed by atoms with E-state index >= 15 is 0 Å². The zero-order valence-electron chi connectivity index (χ0n) is 11.5. The van der Waals surface area contributed by atoms with E-state index in [0.29, 0.717) is 12.0 Å². The molecular weight excluding hydrogens is 276 g/mol. The van der Waals surface area contributed by atoms with Gasteiger partial charge in [0.1, 0.15) is 0 Å². The van der Waals surface area contributed by atoms with E-state index in [1.54, 1.807) is 11.4 Å². The zero-order valence-corrected chi connectivity index (χ0v) is 12.3. The van der Waals surface area contributed by atoms with E-state index in [1.165, 1.54) is 11.3 Å². The number of aliphatic hydroxyl groups excluding tert-OH is 1. The molecule has 0 aromatic carbocycles. The predicted molar refractivity (Wildman–Crippen MR) is 78.5 cm³/mol. The van der Waals surface area contributed by atoms with Crippen molar-refractivity contribution in [2.45, 2.75) is 26.3 Å². The maximum Gasteiger partial charge on any atom is 0.252 e. The first kappa shape index (κ1) is 16.2. The molecule has 0 bridgehead atoms. The van der Waals surface area contributed by atoms with Crippen LogP contribution in [0.25, 0.3) is 0 Å². The quantitative estimate of drug-likeness (QED) is 0.701. The maximum absolute atomic E-state index is 11.8. The van der Waals surface area contributed by atoms with Crippen molar-refractivity contribution in [1.29, 1.82) is 0 Å². The second-order valence-electron chi connectivity index (χ2n) is 4.38. The average molecular weight is 294 g/mol. The minimum absolute atomic E-state index is 0.0245.